The number of pyridine rings is 8. The highest BCUT2D eigenvalue weighted by atomic mass is 32.1. The quantitative estimate of drug-likeness (QED) is 0.142. The average molecular weight is 1340 g/mol. The molecule has 0 saturated carbocycles. The Morgan fingerprint density at radius 2 is 0.980 bits per heavy atom. The molecule has 0 radical (unpaired) electrons. The smallest absolute Gasteiger partial charge is 0.368 e. The monoisotopic (exact) mass is 1330 g/mol. The zero-order valence-electron chi connectivity index (χ0n) is 53.4. The highest BCUT2D eigenvalue weighted by molar-refractivity contribution is 7.22. The second kappa shape index (κ2) is 21.3. The molecule has 0 amide bonds. The zero-order chi connectivity index (χ0) is 66.0. The normalized spacial score (nSPS) is 13.0. The van der Waals surface area contributed by atoms with Crippen LogP contribution in [0, 0.1) is 0 Å². The van der Waals surface area contributed by atoms with Crippen molar-refractivity contribution in [3.05, 3.63) is 285 Å². The van der Waals surface area contributed by atoms with E-state index in [-0.39, 0.29) is 0 Å². The number of para-hydroxylation sites is 1. The first-order valence-corrected chi connectivity index (χ1v) is 33.8. The van der Waals surface area contributed by atoms with E-state index in [4.69, 9.17) is 4.42 Å². The number of hydrogen-bond acceptors (Lipinski definition) is 12. The number of hydrogen-bond donors (Lipinski definition) is 0. The maximum absolute atomic E-state index is 5.86. The molecule has 0 atom stereocenters. The van der Waals surface area contributed by atoms with Crippen LogP contribution in [-0.4, -0.2) is 86.3 Å². The molecule has 25 heterocycles. The number of benzene rings is 1. The van der Waals surface area contributed by atoms with Crippen molar-refractivity contribution in [1.29, 1.82) is 0 Å². The Bertz CT molecular complexity index is 6800. The summed E-state index contributed by atoms with van der Waals surface area (Å²) in [5.74, 6) is 4.21. The van der Waals surface area contributed by atoms with E-state index in [1.54, 1.807) is 17.5 Å². The van der Waals surface area contributed by atoms with Crippen LogP contribution in [-0.2, 0) is 32.7 Å². The van der Waals surface area contributed by atoms with Crippen molar-refractivity contribution in [3.8, 4) is 62.1 Å². The van der Waals surface area contributed by atoms with Gasteiger partial charge in [0.05, 0.1) is 36.0 Å². The van der Waals surface area contributed by atoms with Crippen LogP contribution in [0.4, 0.5) is 0 Å². The Balaban J connectivity index is 0.0000000805. The molecule has 26 rings (SSSR count). The molecule has 0 bridgehead atoms. The van der Waals surface area contributed by atoms with E-state index in [0.29, 0.717) is 5.71 Å². The highest BCUT2D eigenvalue weighted by Gasteiger charge is 2.37. The molecule has 0 spiro atoms. The number of imidazole rings is 8. The maximum Gasteiger partial charge on any atom is 0.469 e. The third-order valence-corrected chi connectivity index (χ3v) is 21.0. The summed E-state index contributed by atoms with van der Waals surface area (Å²) in [5.41, 5.74) is 26.7. The Kier molecular flexibility index (Phi) is 11.7. The first-order valence-electron chi connectivity index (χ1n) is 33.0. The topological polar surface area (TPSA) is 200 Å². The lowest BCUT2D eigenvalue weighted by molar-refractivity contribution is -0.670. The fraction of sp³-hybridized carbons (Fsp3) is 0.0658. The summed E-state index contributed by atoms with van der Waals surface area (Å²) in [6.45, 7) is 4.39. The van der Waals surface area contributed by atoms with Crippen molar-refractivity contribution in [1.82, 2.24) is 86.3 Å². The standard InChI is InChI=1S/C20H14N5.2C14H10N5.C14H9N4O.C14H9N4S/c1-2-5-15(6-3-1)25-19-17(7-4-9-22-19)24-13-18-16-11-21-10-8-14(16)12-23(18)20(24)25;1-2-11-8-18-13(19(11)16-4-1)9-17-7-10-3-5-15-6-12(10)14(17)18;1-2-11-8-17-9-13-12-6-15-5-3-10(12)7-18(13)14(17)19(11)16-4-1;2*1-2-11-13(16-4-1)19-14-17-7-9-3-5-15-6-10(9)12(17)8-18(11)14/h1-11,13H,12H2;2*1-6,8-9H,7H2;2*1-6,8H,7H2/q5*+1. The van der Waals surface area contributed by atoms with E-state index in [2.05, 4.69) is 217 Å². The van der Waals surface area contributed by atoms with Gasteiger partial charge in [0.15, 0.2) is 44.5 Å². The molecule has 25 heteroatoms. The molecule has 101 heavy (non-hydrogen) atoms. The number of oxazole rings is 1. The van der Waals surface area contributed by atoms with E-state index in [1.807, 2.05) is 143 Å². The van der Waals surface area contributed by atoms with Gasteiger partial charge in [-0.2, -0.15) is 36.4 Å². The van der Waals surface area contributed by atoms with Crippen LogP contribution in [0.5, 0.6) is 0 Å². The molecule has 0 unspecified atom stereocenters. The van der Waals surface area contributed by atoms with Crippen molar-refractivity contribution in [2.75, 3.05) is 0 Å². The molecule has 0 fully saturated rings. The SMILES string of the molecule is c1ccc(-n2c3ncccc3[n+]3cc4n(c23)Cc2ccncc2-4)cc1.c1cnc2oc3n4c(c[n+]3c2c1)-c1cnccc1C4.c1cnc2sc3n4c(c[n+]3c2c1)-c1cnccc1C4.c1cnn2c(c1)c[n+]1cc3n(c21)Cc1ccncc1-3.c1cnn2c(c1)cn1c3[n+](cc12)Cc1ccncc1-3. The number of aromatic nitrogens is 23. The maximum atomic E-state index is 5.86. The zero-order valence-corrected chi connectivity index (χ0v) is 54.2. The Morgan fingerprint density at radius 3 is 1.71 bits per heavy atom. The summed E-state index contributed by atoms with van der Waals surface area (Å²) in [7, 11) is 0. The Labute approximate surface area is 573 Å². The van der Waals surface area contributed by atoms with E-state index >= 15 is 0 Å². The van der Waals surface area contributed by atoms with Gasteiger partial charge in [-0.15, -0.1) is 9.61 Å². The Hall–Kier alpha value is -13.8. The van der Waals surface area contributed by atoms with Crippen LogP contribution in [0.3, 0.4) is 0 Å². The van der Waals surface area contributed by atoms with Crippen LogP contribution in [0.25, 0.3) is 134 Å². The third-order valence-electron chi connectivity index (χ3n) is 19.9. The minimum atomic E-state index is 0.668. The van der Waals surface area contributed by atoms with Gasteiger partial charge in [0.1, 0.15) is 79.4 Å². The van der Waals surface area contributed by atoms with Gasteiger partial charge >= 0.3 is 22.4 Å². The second-order valence-electron chi connectivity index (χ2n) is 25.4. The molecule has 0 saturated heterocycles. The van der Waals surface area contributed by atoms with Crippen molar-refractivity contribution < 1.29 is 26.6 Å². The minimum absolute atomic E-state index is 0.668. The molecule has 21 aromatic rings. The van der Waals surface area contributed by atoms with Crippen LogP contribution in [0.2, 0.25) is 0 Å². The van der Waals surface area contributed by atoms with Crippen LogP contribution in [0.1, 0.15) is 27.8 Å². The lowest BCUT2D eigenvalue weighted by Gasteiger charge is -2.00. The lowest BCUT2D eigenvalue weighted by atomic mass is 10.1. The molecule has 5 aliphatic heterocycles. The van der Waals surface area contributed by atoms with Gasteiger partial charge in [-0.05, 0) is 114 Å². The Morgan fingerprint density at radius 1 is 0.416 bits per heavy atom. The molecule has 5 aliphatic rings. The molecular weight excluding hydrogens is 1280 g/mol. The average Bonchev–Trinajstić information content (AvgIpc) is 1.56. The van der Waals surface area contributed by atoms with E-state index in [1.165, 1.54) is 89.0 Å². The fourth-order valence-corrected chi connectivity index (χ4v) is 16.5. The van der Waals surface area contributed by atoms with Gasteiger partial charge < -0.3 is 4.42 Å². The molecule has 24 nitrogen and oxygen atoms in total. The first kappa shape index (κ1) is 55.3. The second-order valence-corrected chi connectivity index (χ2v) is 26.4. The van der Waals surface area contributed by atoms with Crippen molar-refractivity contribution in [3.63, 3.8) is 0 Å². The number of thiazole rings is 1. The van der Waals surface area contributed by atoms with Gasteiger partial charge in [-0.25, -0.2) is 37.6 Å². The van der Waals surface area contributed by atoms with Crippen LogP contribution >= 0.6 is 11.3 Å². The van der Waals surface area contributed by atoms with Gasteiger partial charge in [-0.3, -0.25) is 24.9 Å². The minimum Gasteiger partial charge on any atom is -0.368 e. The third kappa shape index (κ3) is 8.25. The molecule has 0 N–H and O–H groups in total. The van der Waals surface area contributed by atoms with E-state index < -0.39 is 0 Å². The summed E-state index contributed by atoms with van der Waals surface area (Å²) in [4.78, 5) is 36.9. The van der Waals surface area contributed by atoms with Crippen molar-refractivity contribution >= 4 is 83.1 Å². The van der Waals surface area contributed by atoms with Gasteiger partial charge in [0.25, 0.3) is 17.2 Å². The fourth-order valence-electron chi connectivity index (χ4n) is 15.4. The molecule has 478 valence electrons. The first-order chi connectivity index (χ1) is 50.1. The number of fused-ring (bicyclic) bond motifs is 35. The van der Waals surface area contributed by atoms with Gasteiger partial charge in [0.2, 0.25) is 5.65 Å². The predicted molar refractivity (Wildman–Crippen MR) is 372 cm³/mol. The summed E-state index contributed by atoms with van der Waals surface area (Å²) >= 11 is 1.74. The van der Waals surface area contributed by atoms with Crippen LogP contribution < -0.4 is 22.2 Å². The number of nitrogens with zero attached hydrogens (tertiary/aromatic N) is 23. The van der Waals surface area contributed by atoms with Crippen molar-refractivity contribution in [2.45, 2.75) is 32.7 Å². The van der Waals surface area contributed by atoms with Gasteiger partial charge in [0, 0.05) is 126 Å². The largest absolute Gasteiger partial charge is 0.469 e. The van der Waals surface area contributed by atoms with Crippen molar-refractivity contribution in [2.24, 2.45) is 0 Å². The summed E-state index contributed by atoms with van der Waals surface area (Å²) in [5, 5.41) is 8.85. The summed E-state index contributed by atoms with van der Waals surface area (Å²) in [6, 6.07) is 41.0. The molecule has 20 aromatic heterocycles. The molecule has 1 aromatic carbocycles. The summed E-state index contributed by atoms with van der Waals surface area (Å²) < 4.78 is 34.3. The highest BCUT2D eigenvalue weighted by Crippen LogP contribution is 2.38. The summed E-state index contributed by atoms with van der Waals surface area (Å²) in [6.07, 6.45) is 43.1. The molecule has 0 aliphatic carbocycles. The lowest BCUT2D eigenvalue weighted by Crippen LogP contribution is -2.29. The van der Waals surface area contributed by atoms with E-state index in [9.17, 15) is 0 Å². The van der Waals surface area contributed by atoms with Crippen LogP contribution in [0.15, 0.2) is 262 Å². The van der Waals surface area contributed by atoms with E-state index in [0.717, 1.165) is 99.7 Å². The predicted octanol–water partition coefficient (Wildman–Crippen LogP) is 9.64. The van der Waals surface area contributed by atoms with Gasteiger partial charge in [-0.1, -0.05) is 18.2 Å². The number of rotatable bonds is 1. The molecular formula is C76H52N23OS+5.